The number of alkyl carbamates (subject to hydrolysis) is 2. The van der Waals surface area contributed by atoms with Crippen LogP contribution in [0.3, 0.4) is 0 Å². The van der Waals surface area contributed by atoms with Gasteiger partial charge in [0.05, 0.1) is 23.7 Å². The van der Waals surface area contributed by atoms with Gasteiger partial charge in [-0.3, -0.25) is 26.2 Å². The number of nitrogens with zero attached hydrogens (tertiary/aromatic N) is 1. The lowest BCUT2D eigenvalue weighted by Gasteiger charge is -2.26. The predicted octanol–water partition coefficient (Wildman–Crippen LogP) is 5.71. The molecule has 0 spiro atoms. The number of carbonyl (C=O) groups is 4. The number of nitrogens with two attached hydrogens (primary N) is 3. The molecule has 0 unspecified atom stereocenters. The Morgan fingerprint density at radius 1 is 0.738 bits per heavy atom. The SMILES string of the molecule is C.CCO.Cc1ccc2[nH]cc(C[C@@H](CN)NC(=O)OC(C)(C)C)c2c1.Cc1ccc2[nH]cc(C[C@@H](CN3C(=O)c4ccccc4C3=O)NC(=O)OC(C)(C)C)c2c1.NN.O. The molecular weight excluding hydrogens is 781 g/mol. The average Bonchev–Trinajstić information content (AvgIpc) is 3.81. The van der Waals surface area contributed by atoms with Crippen LogP contribution in [0.2, 0.25) is 0 Å². The first-order valence-electron chi connectivity index (χ1n) is 19.5. The fourth-order valence-corrected chi connectivity index (χ4v) is 6.38. The number of imide groups is 1. The molecule has 0 bridgehead atoms. The zero-order chi connectivity index (χ0) is 44.1. The summed E-state index contributed by atoms with van der Waals surface area (Å²) in [5, 5.41) is 15.5. The molecule has 0 saturated heterocycles. The van der Waals surface area contributed by atoms with Crippen molar-refractivity contribution in [2.45, 2.75) is 106 Å². The van der Waals surface area contributed by atoms with E-state index in [0.717, 1.165) is 33.1 Å². The highest BCUT2D eigenvalue weighted by Gasteiger charge is 2.37. The Morgan fingerprint density at radius 3 is 1.49 bits per heavy atom. The van der Waals surface area contributed by atoms with E-state index in [9.17, 15) is 19.2 Å². The molecule has 2 atom stereocenters. The Kier molecular flexibility index (Phi) is 20.8. The molecule has 2 aromatic heterocycles. The van der Waals surface area contributed by atoms with Gasteiger partial charge in [0, 0.05) is 53.4 Å². The average molecular weight is 849 g/mol. The third-order valence-electron chi connectivity index (χ3n) is 8.79. The van der Waals surface area contributed by atoms with E-state index < -0.39 is 29.4 Å². The molecule has 3 heterocycles. The minimum atomic E-state index is -0.665. The van der Waals surface area contributed by atoms with E-state index in [4.69, 9.17) is 20.3 Å². The highest BCUT2D eigenvalue weighted by molar-refractivity contribution is 6.21. The summed E-state index contributed by atoms with van der Waals surface area (Å²) in [7, 11) is 0. The lowest BCUT2D eigenvalue weighted by Crippen LogP contribution is -2.48. The van der Waals surface area contributed by atoms with Crippen molar-refractivity contribution in [3.8, 4) is 0 Å². The number of fused-ring (bicyclic) bond motifs is 3. The van der Waals surface area contributed by atoms with E-state index in [2.05, 4.69) is 63.5 Å². The second-order valence-electron chi connectivity index (χ2n) is 16.1. The van der Waals surface area contributed by atoms with E-state index in [0.29, 0.717) is 30.5 Å². The van der Waals surface area contributed by atoms with Crippen molar-refractivity contribution < 1.29 is 39.2 Å². The number of nitrogens with one attached hydrogen (secondary N) is 4. The van der Waals surface area contributed by atoms with Gasteiger partial charge in [-0.1, -0.05) is 42.8 Å². The molecule has 0 saturated carbocycles. The molecule has 0 radical (unpaired) electrons. The van der Waals surface area contributed by atoms with Gasteiger partial charge >= 0.3 is 12.2 Å². The number of carbonyl (C=O) groups excluding carboxylic acids is 4. The highest BCUT2D eigenvalue weighted by Crippen LogP contribution is 2.26. The van der Waals surface area contributed by atoms with Crippen molar-refractivity contribution >= 4 is 45.8 Å². The van der Waals surface area contributed by atoms with Gasteiger partial charge in [-0.05, 0) is 123 Å². The first kappa shape index (κ1) is 53.2. The maximum atomic E-state index is 12.9. The van der Waals surface area contributed by atoms with Crippen molar-refractivity contribution in [3.05, 3.63) is 106 Å². The second-order valence-corrected chi connectivity index (χ2v) is 16.1. The molecule has 4 amide bonds. The van der Waals surface area contributed by atoms with Crippen molar-refractivity contribution in [1.82, 2.24) is 25.5 Å². The zero-order valence-corrected chi connectivity index (χ0v) is 36.2. The summed E-state index contributed by atoms with van der Waals surface area (Å²) in [5.74, 6) is 7.30. The number of rotatable bonds is 9. The van der Waals surface area contributed by atoms with Crippen molar-refractivity contribution in [2.75, 3.05) is 19.7 Å². The normalized spacial score (nSPS) is 12.8. The van der Waals surface area contributed by atoms with Crippen LogP contribution in [0.15, 0.2) is 73.1 Å². The molecule has 0 aliphatic carbocycles. The molecule has 336 valence electrons. The van der Waals surface area contributed by atoms with Crippen molar-refractivity contribution in [3.63, 3.8) is 0 Å². The summed E-state index contributed by atoms with van der Waals surface area (Å²) in [6.07, 6.45) is 3.95. The van der Waals surface area contributed by atoms with Crippen molar-refractivity contribution in [1.29, 1.82) is 0 Å². The van der Waals surface area contributed by atoms with Gasteiger partial charge in [-0.25, -0.2) is 9.59 Å². The summed E-state index contributed by atoms with van der Waals surface area (Å²) < 4.78 is 10.7. The summed E-state index contributed by atoms with van der Waals surface area (Å²) >= 11 is 0. The molecule has 6 rings (SSSR count). The topological polar surface area (TPSA) is 275 Å². The van der Waals surface area contributed by atoms with Crippen LogP contribution in [0.25, 0.3) is 21.8 Å². The monoisotopic (exact) mass is 849 g/mol. The van der Waals surface area contributed by atoms with E-state index in [1.807, 2.05) is 52.2 Å². The fraction of sp³-hybridized carbons (Fsp3) is 0.422. The summed E-state index contributed by atoms with van der Waals surface area (Å²) in [4.78, 5) is 57.9. The third kappa shape index (κ3) is 15.6. The van der Waals surface area contributed by atoms with E-state index >= 15 is 0 Å². The van der Waals surface area contributed by atoms with Crippen LogP contribution in [0.4, 0.5) is 9.59 Å². The van der Waals surface area contributed by atoms with Crippen LogP contribution in [0.1, 0.15) is 98.9 Å². The van der Waals surface area contributed by atoms with Crippen LogP contribution in [0.5, 0.6) is 0 Å². The number of aromatic nitrogens is 2. The summed E-state index contributed by atoms with van der Waals surface area (Å²) in [6, 6.07) is 18.5. The van der Waals surface area contributed by atoms with Crippen LogP contribution < -0.4 is 28.1 Å². The lowest BCUT2D eigenvalue weighted by molar-refractivity contribution is 0.0467. The predicted molar refractivity (Wildman–Crippen MR) is 242 cm³/mol. The number of aryl methyl sites for hydroxylation is 2. The number of hydrogen-bond donors (Lipinski definition) is 8. The minimum absolute atomic E-state index is 0. The van der Waals surface area contributed by atoms with Gasteiger partial charge in [0.2, 0.25) is 0 Å². The molecule has 0 fully saturated rings. The molecule has 13 N–H and O–H groups in total. The molecule has 16 nitrogen and oxygen atoms in total. The molecule has 16 heteroatoms. The number of hydrazine groups is 1. The molecule has 1 aliphatic rings. The maximum Gasteiger partial charge on any atom is 0.407 e. The van der Waals surface area contributed by atoms with Gasteiger partial charge in [0.1, 0.15) is 11.2 Å². The van der Waals surface area contributed by atoms with Crippen LogP contribution in [0, 0.1) is 13.8 Å². The number of ether oxygens (including phenoxy) is 2. The Morgan fingerprint density at radius 2 is 1.11 bits per heavy atom. The molecule has 1 aliphatic heterocycles. The standard InChI is InChI=1S/C25H27N3O4.C17H25N3O2.C2H6O.CH4.H4N2.H2O/c1-15-9-10-21-20(11-15)16(13-26-21)12-17(27-24(31)32-25(2,3)4)14-28-22(29)18-7-5-6-8-19(18)23(28)30;1-11-5-6-15-14(7-11)12(10-19-15)8-13(9-18)20-16(21)22-17(2,3)4;1-2-3;;1-2;/h5-11,13,17,26H,12,14H2,1-4H3,(H,27,31);5-7,10,13,19H,8-9,18H2,1-4H3,(H,20,21);3H,2H2,1H3;1H4;1-2H2;1H2/t17-;13-;;;;/m00..../s1. The van der Waals surface area contributed by atoms with Crippen molar-refractivity contribution in [2.24, 2.45) is 17.4 Å². The zero-order valence-electron chi connectivity index (χ0n) is 36.2. The van der Waals surface area contributed by atoms with E-state index in [1.165, 1.54) is 15.8 Å². The Bertz CT molecular complexity index is 2150. The van der Waals surface area contributed by atoms with Gasteiger partial charge in [-0.2, -0.15) is 0 Å². The van der Waals surface area contributed by atoms with Crippen LogP contribution in [-0.2, 0) is 22.3 Å². The summed E-state index contributed by atoms with van der Waals surface area (Å²) in [5.41, 5.74) is 11.9. The van der Waals surface area contributed by atoms with Gasteiger partial charge in [-0.15, -0.1) is 0 Å². The first-order chi connectivity index (χ1) is 27.8. The third-order valence-corrected chi connectivity index (χ3v) is 8.79. The van der Waals surface area contributed by atoms with Crippen LogP contribution >= 0.6 is 0 Å². The quantitative estimate of drug-likeness (QED) is 0.0508. The number of amides is 4. The second kappa shape index (κ2) is 23.9. The summed E-state index contributed by atoms with van der Waals surface area (Å²) in [6.45, 7) is 17.3. The van der Waals surface area contributed by atoms with Crippen LogP contribution in [-0.4, -0.2) is 92.4 Å². The number of aliphatic hydroxyl groups is 1. The fourth-order valence-electron chi connectivity index (χ4n) is 6.38. The Hall–Kier alpha value is -5.78. The number of aliphatic hydroxyl groups excluding tert-OH is 1. The smallest absolute Gasteiger partial charge is 0.407 e. The number of hydrogen-bond acceptors (Lipinski definition) is 10. The Balaban J connectivity index is 0.000000564. The van der Waals surface area contributed by atoms with Gasteiger partial charge < -0.3 is 46.4 Å². The molecule has 5 aromatic rings. The van der Waals surface area contributed by atoms with Gasteiger partial charge in [0.15, 0.2) is 0 Å². The number of H-pyrrole nitrogens is 2. The largest absolute Gasteiger partial charge is 0.444 e. The highest BCUT2D eigenvalue weighted by atomic mass is 16.6. The Labute approximate surface area is 359 Å². The molecule has 61 heavy (non-hydrogen) atoms. The lowest BCUT2D eigenvalue weighted by atomic mass is 10.0. The minimum Gasteiger partial charge on any atom is -0.444 e. The van der Waals surface area contributed by atoms with E-state index in [1.54, 1.807) is 52.0 Å². The van der Waals surface area contributed by atoms with Gasteiger partial charge in [0.25, 0.3) is 11.8 Å². The molecular formula is C45H68N8O8. The maximum absolute atomic E-state index is 12.9. The number of benzene rings is 3. The number of aromatic amines is 2. The molecule has 3 aromatic carbocycles. The van der Waals surface area contributed by atoms with E-state index in [-0.39, 0.29) is 43.9 Å². The first-order valence-corrected chi connectivity index (χ1v) is 19.5.